The molecule has 0 saturated carbocycles. The Morgan fingerprint density at radius 3 is 3.15 bits per heavy atom. The molecule has 1 aliphatic heterocycles. The summed E-state index contributed by atoms with van der Waals surface area (Å²) in [6, 6.07) is 5.88. The second-order valence-corrected chi connectivity index (χ2v) is 4.61. The maximum absolute atomic E-state index is 9.07. The van der Waals surface area contributed by atoms with Gasteiger partial charge in [-0.3, -0.25) is 0 Å². The summed E-state index contributed by atoms with van der Waals surface area (Å²) in [5, 5.41) is 0.154. The summed E-state index contributed by atoms with van der Waals surface area (Å²) in [5.41, 5.74) is 1.08. The quantitative estimate of drug-likeness (QED) is 0.785. The van der Waals surface area contributed by atoms with Gasteiger partial charge in [0, 0.05) is 10.0 Å². The Labute approximate surface area is 89.6 Å². The first-order valence-corrected chi connectivity index (χ1v) is 5.66. The van der Waals surface area contributed by atoms with Crippen molar-refractivity contribution in [2.24, 2.45) is 0 Å². The molecule has 4 heteroatoms. The summed E-state index contributed by atoms with van der Waals surface area (Å²) in [5.74, 6) is 0.890. The van der Waals surface area contributed by atoms with Crippen molar-refractivity contribution in [1.29, 1.82) is 0 Å². The molecule has 0 aliphatic carbocycles. The molecule has 0 amide bonds. The van der Waals surface area contributed by atoms with E-state index in [1.54, 1.807) is 0 Å². The van der Waals surface area contributed by atoms with Crippen molar-refractivity contribution in [2.75, 3.05) is 6.61 Å². The molecule has 1 aromatic carbocycles. The first-order valence-electron chi connectivity index (χ1n) is 4.04. The van der Waals surface area contributed by atoms with Crippen molar-refractivity contribution in [3.05, 3.63) is 28.2 Å². The molecular weight excluding hydrogens is 252 g/mol. The van der Waals surface area contributed by atoms with Gasteiger partial charge < -0.3 is 9.29 Å². The fraction of sp³-hybridized carbons (Fsp3) is 0.333. The number of fused-ring (bicyclic) bond motifs is 1. The molecule has 13 heavy (non-hydrogen) atoms. The van der Waals surface area contributed by atoms with Gasteiger partial charge in [0.2, 0.25) is 0 Å². The molecule has 2 rings (SSSR count). The van der Waals surface area contributed by atoms with E-state index in [0.29, 0.717) is 6.61 Å². The van der Waals surface area contributed by atoms with Gasteiger partial charge in [-0.1, -0.05) is 15.9 Å². The predicted molar refractivity (Wildman–Crippen MR) is 57.2 cm³/mol. The summed E-state index contributed by atoms with van der Waals surface area (Å²) >= 11 is 4.30. The topological polar surface area (TPSA) is 29.5 Å². The van der Waals surface area contributed by atoms with Crippen molar-refractivity contribution < 1.29 is 9.29 Å². The van der Waals surface area contributed by atoms with Crippen molar-refractivity contribution in [3.8, 4) is 5.75 Å². The number of rotatable bonds is 1. The Bertz CT molecular complexity index is 316. The van der Waals surface area contributed by atoms with E-state index in [2.05, 4.69) is 15.9 Å². The third kappa shape index (κ3) is 1.85. The number of halogens is 1. The van der Waals surface area contributed by atoms with Crippen LogP contribution in [0.4, 0.5) is 0 Å². The van der Waals surface area contributed by atoms with Gasteiger partial charge in [0.15, 0.2) is 0 Å². The van der Waals surface area contributed by atoms with Crippen LogP contribution in [0.25, 0.3) is 0 Å². The van der Waals surface area contributed by atoms with Gasteiger partial charge in [0.1, 0.15) is 5.75 Å². The van der Waals surface area contributed by atoms with Gasteiger partial charge in [-0.15, -0.1) is 0 Å². The Balaban J connectivity index is 2.41. The van der Waals surface area contributed by atoms with Gasteiger partial charge >= 0.3 is 0 Å². The van der Waals surface area contributed by atoms with E-state index in [9.17, 15) is 0 Å². The van der Waals surface area contributed by atoms with Crippen LogP contribution >= 0.6 is 28.0 Å². The average molecular weight is 261 g/mol. The number of ether oxygens (including phenoxy) is 1. The van der Waals surface area contributed by atoms with Gasteiger partial charge in [-0.25, -0.2) is 0 Å². The van der Waals surface area contributed by atoms with Crippen LogP contribution in [-0.4, -0.2) is 11.2 Å². The maximum atomic E-state index is 9.07. The minimum atomic E-state index is 0.154. The Kier molecular flexibility index (Phi) is 2.81. The highest BCUT2D eigenvalue weighted by atomic mass is 79.9. The molecule has 0 radical (unpaired) electrons. The van der Waals surface area contributed by atoms with Crippen LogP contribution in [0.5, 0.6) is 5.75 Å². The lowest BCUT2D eigenvalue weighted by Crippen LogP contribution is -2.11. The third-order valence-electron chi connectivity index (χ3n) is 2.08. The molecule has 0 fully saturated rings. The fourth-order valence-electron chi connectivity index (χ4n) is 1.44. The molecule has 0 bridgehead atoms. The molecule has 2 nitrogen and oxygen atoms in total. The van der Waals surface area contributed by atoms with E-state index in [0.717, 1.165) is 34.2 Å². The molecular formula is C9H9BrO2S. The summed E-state index contributed by atoms with van der Waals surface area (Å²) in [4.78, 5) is 0. The lowest BCUT2D eigenvalue weighted by Gasteiger charge is -2.23. The van der Waals surface area contributed by atoms with Gasteiger partial charge in [-0.05, 0) is 36.7 Å². The van der Waals surface area contributed by atoms with Crippen molar-refractivity contribution >= 4 is 28.0 Å². The minimum absolute atomic E-state index is 0.154. The summed E-state index contributed by atoms with van der Waals surface area (Å²) < 4.78 is 15.6. The van der Waals surface area contributed by atoms with Gasteiger partial charge in [-0.2, -0.15) is 0 Å². The largest absolute Gasteiger partial charge is 0.493 e. The Morgan fingerprint density at radius 1 is 1.54 bits per heavy atom. The number of hydrogen-bond acceptors (Lipinski definition) is 3. The van der Waals surface area contributed by atoms with E-state index in [-0.39, 0.29) is 5.25 Å². The molecule has 70 valence electrons. The van der Waals surface area contributed by atoms with Gasteiger partial charge in [0.05, 0.1) is 11.9 Å². The monoisotopic (exact) mass is 260 g/mol. The van der Waals surface area contributed by atoms with Crippen LogP contribution in [0.1, 0.15) is 17.2 Å². The smallest absolute Gasteiger partial charge is 0.123 e. The molecule has 0 saturated heterocycles. The van der Waals surface area contributed by atoms with E-state index < -0.39 is 0 Å². The van der Waals surface area contributed by atoms with E-state index in [1.165, 1.54) is 0 Å². The SMILES string of the molecule is OSC1CCOc2ccc(Br)cc21. The maximum Gasteiger partial charge on any atom is 0.123 e. The standard InChI is InChI=1S/C9H9BrO2S/c10-6-1-2-8-7(5-6)9(13-11)3-4-12-8/h1-2,5,9,11H,3-4H2. The van der Waals surface area contributed by atoms with Crippen molar-refractivity contribution in [1.82, 2.24) is 0 Å². The van der Waals surface area contributed by atoms with Crippen molar-refractivity contribution in [3.63, 3.8) is 0 Å². The van der Waals surface area contributed by atoms with Crippen LogP contribution in [0, 0.1) is 0 Å². The normalized spacial score (nSPS) is 20.6. The Morgan fingerprint density at radius 2 is 2.38 bits per heavy atom. The molecule has 1 unspecified atom stereocenters. The fourth-order valence-corrected chi connectivity index (χ4v) is 2.32. The summed E-state index contributed by atoms with van der Waals surface area (Å²) in [6.07, 6.45) is 0.866. The molecule has 1 aliphatic rings. The lowest BCUT2D eigenvalue weighted by molar-refractivity contribution is 0.285. The molecule has 1 aromatic rings. The highest BCUT2D eigenvalue weighted by molar-refractivity contribution is 9.10. The summed E-state index contributed by atoms with van der Waals surface area (Å²) in [6.45, 7) is 0.687. The molecule has 1 N–H and O–H groups in total. The molecule has 0 aromatic heterocycles. The zero-order valence-electron chi connectivity index (χ0n) is 6.87. The second-order valence-electron chi connectivity index (χ2n) is 2.91. The first kappa shape index (κ1) is 9.37. The zero-order chi connectivity index (χ0) is 9.26. The first-order chi connectivity index (χ1) is 6.31. The van der Waals surface area contributed by atoms with Crippen molar-refractivity contribution in [2.45, 2.75) is 11.7 Å². The number of benzene rings is 1. The third-order valence-corrected chi connectivity index (χ3v) is 3.32. The molecule has 1 atom stereocenters. The van der Waals surface area contributed by atoms with E-state index >= 15 is 0 Å². The van der Waals surface area contributed by atoms with E-state index in [4.69, 9.17) is 9.29 Å². The minimum Gasteiger partial charge on any atom is -0.493 e. The molecule has 0 spiro atoms. The van der Waals surface area contributed by atoms with E-state index in [1.807, 2.05) is 18.2 Å². The lowest BCUT2D eigenvalue weighted by atomic mass is 10.1. The van der Waals surface area contributed by atoms with Crippen LogP contribution in [0.3, 0.4) is 0 Å². The average Bonchev–Trinajstić information content (AvgIpc) is 2.17. The van der Waals surface area contributed by atoms with Crippen LogP contribution < -0.4 is 4.74 Å². The summed E-state index contributed by atoms with van der Waals surface area (Å²) in [7, 11) is 0. The Hall–Kier alpha value is -0.190. The van der Waals surface area contributed by atoms with Gasteiger partial charge in [0.25, 0.3) is 0 Å². The highest BCUT2D eigenvalue weighted by Gasteiger charge is 2.21. The predicted octanol–water partition coefficient (Wildman–Crippen LogP) is 3.48. The number of hydrogen-bond donors (Lipinski definition) is 1. The second kappa shape index (κ2) is 3.90. The van der Waals surface area contributed by atoms with Crippen LogP contribution in [0.2, 0.25) is 0 Å². The van der Waals surface area contributed by atoms with Crippen LogP contribution in [-0.2, 0) is 0 Å². The molecule has 1 heterocycles. The highest BCUT2D eigenvalue weighted by Crippen LogP contribution is 2.40. The zero-order valence-corrected chi connectivity index (χ0v) is 9.27. The van der Waals surface area contributed by atoms with Crippen LogP contribution in [0.15, 0.2) is 22.7 Å².